The van der Waals surface area contributed by atoms with Crippen molar-refractivity contribution < 1.29 is 14.3 Å². The molecule has 2 amide bonds. The van der Waals surface area contributed by atoms with Gasteiger partial charge in [-0.25, -0.2) is 5.43 Å². The van der Waals surface area contributed by atoms with Gasteiger partial charge < -0.3 is 10.1 Å². The molecule has 0 spiro atoms. The smallest absolute Gasteiger partial charge is 0.329 e. The zero-order valence-electron chi connectivity index (χ0n) is 13.6. The van der Waals surface area contributed by atoms with Crippen LogP contribution in [-0.2, 0) is 9.59 Å². The third-order valence-corrected chi connectivity index (χ3v) is 3.30. The summed E-state index contributed by atoms with van der Waals surface area (Å²) >= 11 is 5.97. The molecular formula is C16H22ClN3O3. The zero-order chi connectivity index (χ0) is 17.2. The molecule has 0 heterocycles. The number of ether oxygens (including phenoxy) is 1. The molecular weight excluding hydrogens is 318 g/mol. The normalized spacial score (nSPS) is 9.91. The van der Waals surface area contributed by atoms with Crippen LogP contribution in [0.25, 0.3) is 0 Å². The minimum absolute atomic E-state index is 0.344. The number of halogens is 1. The predicted molar refractivity (Wildman–Crippen MR) is 92.0 cm³/mol. The molecule has 126 valence electrons. The molecule has 0 aliphatic heterocycles. The van der Waals surface area contributed by atoms with E-state index in [4.69, 9.17) is 16.3 Å². The second kappa shape index (κ2) is 9.84. The molecule has 23 heavy (non-hydrogen) atoms. The van der Waals surface area contributed by atoms with Gasteiger partial charge in [-0.2, -0.15) is 5.10 Å². The number of carbonyl (C=O) groups is 2. The van der Waals surface area contributed by atoms with Crippen molar-refractivity contribution in [3.63, 3.8) is 0 Å². The minimum atomic E-state index is -0.818. The third kappa shape index (κ3) is 6.28. The van der Waals surface area contributed by atoms with Crippen LogP contribution in [0, 0.1) is 0 Å². The molecule has 2 N–H and O–H groups in total. The highest BCUT2D eigenvalue weighted by Gasteiger charge is 2.14. The monoisotopic (exact) mass is 339 g/mol. The topological polar surface area (TPSA) is 79.8 Å². The van der Waals surface area contributed by atoms with Gasteiger partial charge in [0, 0.05) is 11.4 Å². The summed E-state index contributed by atoms with van der Waals surface area (Å²) in [4.78, 5) is 23.6. The first kappa shape index (κ1) is 19.0. The van der Waals surface area contributed by atoms with Gasteiger partial charge in [-0.05, 0) is 31.0 Å². The van der Waals surface area contributed by atoms with E-state index in [0.29, 0.717) is 16.5 Å². The van der Waals surface area contributed by atoms with E-state index < -0.39 is 11.8 Å². The first-order valence-electron chi connectivity index (χ1n) is 7.52. The summed E-state index contributed by atoms with van der Waals surface area (Å²) in [5, 5.41) is 6.83. The molecule has 0 bridgehead atoms. The number of carbonyl (C=O) groups excluding carboxylic acids is 2. The van der Waals surface area contributed by atoms with Crippen LogP contribution in [0.15, 0.2) is 23.3 Å². The fourth-order valence-corrected chi connectivity index (χ4v) is 2.18. The lowest BCUT2D eigenvalue weighted by molar-refractivity contribution is -0.136. The van der Waals surface area contributed by atoms with Gasteiger partial charge in [-0.3, -0.25) is 9.59 Å². The summed E-state index contributed by atoms with van der Waals surface area (Å²) in [5.74, 6) is -1.13. The molecule has 1 rings (SSSR count). The SMILES string of the molecule is CCCC(CCC)=NNC(=O)C(=O)Nc1ccc(OC)c(Cl)c1. The zero-order valence-corrected chi connectivity index (χ0v) is 14.4. The lowest BCUT2D eigenvalue weighted by Gasteiger charge is -2.08. The summed E-state index contributed by atoms with van der Waals surface area (Å²) in [5.41, 5.74) is 3.57. The number of hydrazone groups is 1. The summed E-state index contributed by atoms with van der Waals surface area (Å²) in [6, 6.07) is 4.71. The Balaban J connectivity index is 2.64. The Morgan fingerprint density at radius 1 is 1.17 bits per heavy atom. The van der Waals surface area contributed by atoms with Gasteiger partial charge in [0.05, 0.1) is 12.1 Å². The number of rotatable bonds is 7. The van der Waals surface area contributed by atoms with Gasteiger partial charge in [0.2, 0.25) is 0 Å². The van der Waals surface area contributed by atoms with Crippen LogP contribution >= 0.6 is 11.6 Å². The highest BCUT2D eigenvalue weighted by molar-refractivity contribution is 6.40. The number of anilines is 1. The number of nitrogens with one attached hydrogen (secondary N) is 2. The van der Waals surface area contributed by atoms with Gasteiger partial charge in [-0.1, -0.05) is 38.3 Å². The molecule has 1 aromatic carbocycles. The van der Waals surface area contributed by atoms with Crippen LogP contribution in [0.2, 0.25) is 5.02 Å². The molecule has 0 aromatic heterocycles. The van der Waals surface area contributed by atoms with Crippen LogP contribution in [0.3, 0.4) is 0 Å². The van der Waals surface area contributed by atoms with E-state index in [-0.39, 0.29) is 0 Å². The maximum Gasteiger partial charge on any atom is 0.329 e. The Morgan fingerprint density at radius 3 is 2.35 bits per heavy atom. The van der Waals surface area contributed by atoms with Gasteiger partial charge in [-0.15, -0.1) is 0 Å². The van der Waals surface area contributed by atoms with E-state index in [0.717, 1.165) is 31.4 Å². The Hall–Kier alpha value is -2.08. The number of hydrogen-bond donors (Lipinski definition) is 2. The molecule has 0 atom stereocenters. The summed E-state index contributed by atoms with van der Waals surface area (Å²) in [6.45, 7) is 4.07. The van der Waals surface area contributed by atoms with Gasteiger partial charge in [0.1, 0.15) is 5.75 Å². The fraction of sp³-hybridized carbons (Fsp3) is 0.438. The number of nitrogens with zero attached hydrogens (tertiary/aromatic N) is 1. The largest absolute Gasteiger partial charge is 0.495 e. The highest BCUT2D eigenvalue weighted by Crippen LogP contribution is 2.27. The van der Waals surface area contributed by atoms with Crippen LogP contribution in [0.5, 0.6) is 5.75 Å². The maximum atomic E-state index is 11.8. The van der Waals surface area contributed by atoms with Crippen molar-refractivity contribution in [3.05, 3.63) is 23.2 Å². The van der Waals surface area contributed by atoms with Gasteiger partial charge in [0.15, 0.2) is 0 Å². The van der Waals surface area contributed by atoms with Crippen molar-refractivity contribution in [1.29, 1.82) is 0 Å². The summed E-state index contributed by atoms with van der Waals surface area (Å²) < 4.78 is 5.02. The van der Waals surface area contributed by atoms with Gasteiger partial charge in [0.25, 0.3) is 0 Å². The van der Waals surface area contributed by atoms with Crippen molar-refractivity contribution >= 4 is 34.8 Å². The molecule has 1 aromatic rings. The lowest BCUT2D eigenvalue weighted by atomic mass is 10.1. The molecule has 0 unspecified atom stereocenters. The van der Waals surface area contributed by atoms with Crippen molar-refractivity contribution in [2.75, 3.05) is 12.4 Å². The Bertz CT molecular complexity index is 580. The summed E-state index contributed by atoms with van der Waals surface area (Å²) in [6.07, 6.45) is 3.46. The van der Waals surface area contributed by atoms with Crippen molar-refractivity contribution in [3.8, 4) is 5.75 Å². The van der Waals surface area contributed by atoms with E-state index in [1.807, 2.05) is 13.8 Å². The second-order valence-corrected chi connectivity index (χ2v) is 5.33. The first-order valence-corrected chi connectivity index (χ1v) is 7.89. The number of benzene rings is 1. The molecule has 0 aliphatic carbocycles. The maximum absolute atomic E-state index is 11.8. The molecule has 7 heteroatoms. The average molecular weight is 340 g/mol. The highest BCUT2D eigenvalue weighted by atomic mass is 35.5. The Morgan fingerprint density at radius 2 is 1.83 bits per heavy atom. The molecule has 0 fully saturated rings. The molecule has 0 radical (unpaired) electrons. The minimum Gasteiger partial charge on any atom is -0.495 e. The van der Waals surface area contributed by atoms with Crippen LogP contribution in [0.4, 0.5) is 5.69 Å². The van der Waals surface area contributed by atoms with E-state index in [9.17, 15) is 9.59 Å². The van der Waals surface area contributed by atoms with Crippen LogP contribution in [0.1, 0.15) is 39.5 Å². The van der Waals surface area contributed by atoms with E-state index in [1.165, 1.54) is 13.2 Å². The second-order valence-electron chi connectivity index (χ2n) is 4.92. The molecule has 6 nitrogen and oxygen atoms in total. The number of amides is 2. The van der Waals surface area contributed by atoms with E-state index in [2.05, 4.69) is 15.8 Å². The number of methoxy groups -OCH3 is 1. The fourth-order valence-electron chi connectivity index (χ4n) is 1.93. The quantitative estimate of drug-likeness (QED) is 0.454. The summed E-state index contributed by atoms with van der Waals surface area (Å²) in [7, 11) is 1.50. The first-order chi connectivity index (χ1) is 11.0. The lowest BCUT2D eigenvalue weighted by Crippen LogP contribution is -2.33. The molecule has 0 aliphatic rings. The third-order valence-electron chi connectivity index (χ3n) is 3.01. The van der Waals surface area contributed by atoms with Gasteiger partial charge >= 0.3 is 11.8 Å². The van der Waals surface area contributed by atoms with E-state index in [1.54, 1.807) is 12.1 Å². The standard InChI is InChI=1S/C16H22ClN3O3/c1-4-6-11(7-5-2)19-20-16(22)15(21)18-12-8-9-14(23-3)13(17)10-12/h8-10H,4-7H2,1-3H3,(H,18,21)(H,20,22). The van der Waals surface area contributed by atoms with Crippen molar-refractivity contribution in [1.82, 2.24) is 5.43 Å². The number of hydrogen-bond acceptors (Lipinski definition) is 4. The predicted octanol–water partition coefficient (Wildman–Crippen LogP) is 3.36. The molecule has 0 saturated carbocycles. The average Bonchev–Trinajstić information content (AvgIpc) is 2.53. The van der Waals surface area contributed by atoms with Crippen LogP contribution < -0.4 is 15.5 Å². The van der Waals surface area contributed by atoms with E-state index >= 15 is 0 Å². The van der Waals surface area contributed by atoms with Crippen molar-refractivity contribution in [2.24, 2.45) is 5.10 Å². The Labute approximate surface area is 141 Å². The Kier molecular flexibility index (Phi) is 8.11. The van der Waals surface area contributed by atoms with Crippen molar-refractivity contribution in [2.45, 2.75) is 39.5 Å². The molecule has 0 saturated heterocycles. The van der Waals surface area contributed by atoms with Crippen LogP contribution in [-0.4, -0.2) is 24.6 Å².